The van der Waals surface area contributed by atoms with Crippen LogP contribution in [-0.2, 0) is 6.54 Å². The van der Waals surface area contributed by atoms with Crippen molar-refractivity contribution in [1.82, 2.24) is 4.90 Å². The van der Waals surface area contributed by atoms with Crippen LogP contribution in [0.5, 0.6) is 0 Å². The highest BCUT2D eigenvalue weighted by Gasteiger charge is 2.25. The molecular formula is C15H25NO2. The minimum atomic E-state index is -0.204. The van der Waals surface area contributed by atoms with Crippen molar-refractivity contribution in [1.29, 1.82) is 0 Å². The van der Waals surface area contributed by atoms with Crippen LogP contribution in [0.25, 0.3) is 0 Å². The molecule has 1 aromatic rings. The zero-order valence-electron chi connectivity index (χ0n) is 11.6. The number of rotatable bonds is 8. The summed E-state index contributed by atoms with van der Waals surface area (Å²) in [6.07, 6.45) is 4.41. The highest BCUT2D eigenvalue weighted by atomic mass is 16.3. The maximum absolute atomic E-state index is 9.96. The molecule has 3 nitrogen and oxygen atoms in total. The van der Waals surface area contributed by atoms with Gasteiger partial charge in [0, 0.05) is 13.1 Å². The Hall–Kier alpha value is -0.800. The quantitative estimate of drug-likeness (QED) is 0.771. The van der Waals surface area contributed by atoms with E-state index < -0.39 is 0 Å². The lowest BCUT2D eigenvalue weighted by Crippen LogP contribution is -2.33. The third kappa shape index (κ3) is 4.46. The summed E-state index contributed by atoms with van der Waals surface area (Å²) >= 11 is 0. The van der Waals surface area contributed by atoms with E-state index in [0.29, 0.717) is 0 Å². The van der Waals surface area contributed by atoms with E-state index in [9.17, 15) is 5.11 Å². The van der Waals surface area contributed by atoms with Crippen molar-refractivity contribution in [3.05, 3.63) is 23.7 Å². The van der Waals surface area contributed by atoms with Crippen LogP contribution in [0.2, 0.25) is 0 Å². The largest absolute Gasteiger partial charge is 0.465 e. The van der Waals surface area contributed by atoms with Gasteiger partial charge in [0.2, 0.25) is 0 Å². The molecule has 1 saturated carbocycles. The van der Waals surface area contributed by atoms with Gasteiger partial charge in [-0.05, 0) is 44.2 Å². The van der Waals surface area contributed by atoms with Crippen LogP contribution in [0, 0.1) is 12.8 Å². The number of aryl methyl sites for hydroxylation is 1. The molecule has 0 spiro atoms. The van der Waals surface area contributed by atoms with Gasteiger partial charge >= 0.3 is 0 Å². The highest BCUT2D eigenvalue weighted by Crippen LogP contribution is 2.30. The van der Waals surface area contributed by atoms with E-state index in [1.54, 1.807) is 0 Å². The molecule has 2 rings (SSSR count). The lowest BCUT2D eigenvalue weighted by Gasteiger charge is -2.24. The lowest BCUT2D eigenvalue weighted by atomic mass is 10.2. The zero-order valence-corrected chi connectivity index (χ0v) is 11.6. The summed E-state index contributed by atoms with van der Waals surface area (Å²) in [6, 6.07) is 4.05. The fraction of sp³-hybridized carbons (Fsp3) is 0.733. The SMILES string of the molecule is CCCC(O)CN(Cc1ccc(C)o1)CC1CC1. The van der Waals surface area contributed by atoms with Gasteiger partial charge in [0.05, 0.1) is 12.6 Å². The Kier molecular flexibility index (Phi) is 4.84. The molecule has 0 bridgehead atoms. The second kappa shape index (κ2) is 6.39. The van der Waals surface area contributed by atoms with Gasteiger partial charge in [-0.15, -0.1) is 0 Å². The first-order valence-electron chi connectivity index (χ1n) is 7.13. The molecule has 1 atom stereocenters. The van der Waals surface area contributed by atoms with Crippen molar-refractivity contribution in [3.8, 4) is 0 Å². The summed E-state index contributed by atoms with van der Waals surface area (Å²) in [5, 5.41) is 9.96. The monoisotopic (exact) mass is 251 g/mol. The third-order valence-electron chi connectivity index (χ3n) is 3.48. The molecule has 1 aliphatic rings. The topological polar surface area (TPSA) is 36.6 Å². The van der Waals surface area contributed by atoms with Gasteiger partial charge in [0.1, 0.15) is 11.5 Å². The Balaban J connectivity index is 1.87. The van der Waals surface area contributed by atoms with Crippen LogP contribution in [0.1, 0.15) is 44.1 Å². The molecule has 0 amide bonds. The Labute approximate surface area is 110 Å². The van der Waals surface area contributed by atoms with Gasteiger partial charge in [-0.25, -0.2) is 0 Å². The predicted octanol–water partition coefficient (Wildman–Crippen LogP) is 2.96. The van der Waals surface area contributed by atoms with E-state index in [4.69, 9.17) is 4.42 Å². The van der Waals surface area contributed by atoms with E-state index in [1.807, 2.05) is 19.1 Å². The van der Waals surface area contributed by atoms with E-state index in [2.05, 4.69) is 11.8 Å². The predicted molar refractivity (Wildman–Crippen MR) is 72.4 cm³/mol. The van der Waals surface area contributed by atoms with Crippen LogP contribution in [-0.4, -0.2) is 29.2 Å². The third-order valence-corrected chi connectivity index (χ3v) is 3.48. The van der Waals surface area contributed by atoms with Crippen molar-refractivity contribution in [2.24, 2.45) is 5.92 Å². The van der Waals surface area contributed by atoms with Crippen molar-refractivity contribution in [2.45, 2.75) is 52.2 Å². The molecule has 1 heterocycles. The van der Waals surface area contributed by atoms with Crippen molar-refractivity contribution < 1.29 is 9.52 Å². The molecular weight excluding hydrogens is 226 g/mol. The fourth-order valence-corrected chi connectivity index (χ4v) is 2.38. The van der Waals surface area contributed by atoms with Crippen LogP contribution in [0.15, 0.2) is 16.5 Å². The summed E-state index contributed by atoms with van der Waals surface area (Å²) in [7, 11) is 0. The number of nitrogens with zero attached hydrogens (tertiary/aromatic N) is 1. The number of furan rings is 1. The maximum atomic E-state index is 9.96. The van der Waals surface area contributed by atoms with Crippen LogP contribution >= 0.6 is 0 Å². The fourth-order valence-electron chi connectivity index (χ4n) is 2.38. The summed E-state index contributed by atoms with van der Waals surface area (Å²) < 4.78 is 5.63. The average molecular weight is 251 g/mol. The molecule has 0 radical (unpaired) electrons. The van der Waals surface area contributed by atoms with Crippen molar-refractivity contribution in [3.63, 3.8) is 0 Å². The maximum Gasteiger partial charge on any atom is 0.118 e. The van der Waals surface area contributed by atoms with Crippen LogP contribution in [0.4, 0.5) is 0 Å². The Morgan fingerprint density at radius 1 is 1.44 bits per heavy atom. The Bertz CT molecular complexity index is 357. The molecule has 3 heteroatoms. The number of hydrogen-bond acceptors (Lipinski definition) is 3. The van der Waals surface area contributed by atoms with Gasteiger partial charge < -0.3 is 9.52 Å². The van der Waals surface area contributed by atoms with Gasteiger partial charge in [-0.1, -0.05) is 13.3 Å². The summed E-state index contributed by atoms with van der Waals surface area (Å²) in [4.78, 5) is 2.34. The number of aliphatic hydroxyl groups excluding tert-OH is 1. The molecule has 102 valence electrons. The lowest BCUT2D eigenvalue weighted by molar-refractivity contribution is 0.0943. The first kappa shape index (κ1) is 13.6. The zero-order chi connectivity index (χ0) is 13.0. The van der Waals surface area contributed by atoms with Gasteiger partial charge in [0.25, 0.3) is 0 Å². The van der Waals surface area contributed by atoms with E-state index in [-0.39, 0.29) is 6.10 Å². The highest BCUT2D eigenvalue weighted by molar-refractivity contribution is 5.05. The number of hydrogen-bond donors (Lipinski definition) is 1. The Morgan fingerprint density at radius 2 is 2.22 bits per heavy atom. The second-order valence-corrected chi connectivity index (χ2v) is 5.59. The van der Waals surface area contributed by atoms with Gasteiger partial charge in [-0.2, -0.15) is 0 Å². The van der Waals surface area contributed by atoms with E-state index >= 15 is 0 Å². The molecule has 1 aliphatic carbocycles. The minimum absolute atomic E-state index is 0.204. The molecule has 0 saturated heterocycles. The average Bonchev–Trinajstić information content (AvgIpc) is 3.01. The molecule has 0 aromatic carbocycles. The molecule has 1 N–H and O–H groups in total. The molecule has 1 fully saturated rings. The number of aliphatic hydroxyl groups is 1. The molecule has 0 aliphatic heterocycles. The Morgan fingerprint density at radius 3 is 2.78 bits per heavy atom. The summed E-state index contributed by atoms with van der Waals surface area (Å²) in [6.45, 7) is 6.78. The van der Waals surface area contributed by atoms with Gasteiger partial charge in [-0.3, -0.25) is 4.90 Å². The first-order valence-corrected chi connectivity index (χ1v) is 7.13. The van der Waals surface area contributed by atoms with Crippen molar-refractivity contribution >= 4 is 0 Å². The normalized spacial score (nSPS) is 17.3. The van der Waals surface area contributed by atoms with E-state index in [0.717, 1.165) is 49.9 Å². The standard InChI is InChI=1S/C15H25NO2/c1-3-4-14(17)10-16(9-13-6-7-13)11-15-8-5-12(2)18-15/h5,8,13-14,17H,3-4,6-7,9-11H2,1-2H3. The van der Waals surface area contributed by atoms with Crippen LogP contribution < -0.4 is 0 Å². The van der Waals surface area contributed by atoms with Crippen molar-refractivity contribution in [2.75, 3.05) is 13.1 Å². The molecule has 18 heavy (non-hydrogen) atoms. The molecule has 1 aromatic heterocycles. The summed E-state index contributed by atoms with van der Waals surface area (Å²) in [5.41, 5.74) is 0. The van der Waals surface area contributed by atoms with Gasteiger partial charge in [0.15, 0.2) is 0 Å². The molecule has 1 unspecified atom stereocenters. The van der Waals surface area contributed by atoms with E-state index in [1.165, 1.54) is 12.8 Å². The van der Waals surface area contributed by atoms with Crippen LogP contribution in [0.3, 0.4) is 0 Å². The minimum Gasteiger partial charge on any atom is -0.465 e. The smallest absolute Gasteiger partial charge is 0.118 e. The first-order chi connectivity index (χ1) is 8.67. The summed E-state index contributed by atoms with van der Waals surface area (Å²) in [5.74, 6) is 2.82. The second-order valence-electron chi connectivity index (χ2n) is 5.59.